The maximum atomic E-state index is 13.0. The molecule has 0 spiro atoms. The van der Waals surface area contributed by atoms with Gasteiger partial charge in [-0.15, -0.1) is 0 Å². The highest BCUT2D eigenvalue weighted by Crippen LogP contribution is 2.32. The van der Waals surface area contributed by atoms with E-state index in [4.69, 9.17) is 10.6 Å². The van der Waals surface area contributed by atoms with Crippen LogP contribution in [0.15, 0.2) is 17.0 Å². The van der Waals surface area contributed by atoms with Crippen molar-refractivity contribution in [3.8, 4) is 0 Å². The van der Waals surface area contributed by atoms with Gasteiger partial charge in [0.15, 0.2) is 0 Å². The van der Waals surface area contributed by atoms with E-state index < -0.39 is 10.0 Å². The monoisotopic (exact) mass is 311 g/mol. The number of ether oxygens (including phenoxy) is 1. The Morgan fingerprint density at radius 3 is 2.19 bits per heavy atom. The summed E-state index contributed by atoms with van der Waals surface area (Å²) in [5.74, 6) is 5.41. The fourth-order valence-electron chi connectivity index (χ4n) is 3.34. The van der Waals surface area contributed by atoms with Gasteiger partial charge in [0.2, 0.25) is 10.0 Å². The number of nitrogens with zero attached hydrogens (tertiary/aromatic N) is 1. The van der Waals surface area contributed by atoms with Crippen LogP contribution in [-0.2, 0) is 14.8 Å². The molecule has 3 N–H and O–H groups in total. The van der Waals surface area contributed by atoms with Crippen LogP contribution in [0.1, 0.15) is 24.0 Å². The predicted molar refractivity (Wildman–Crippen MR) is 80.4 cm³/mol. The Hall–Kier alpha value is -1.15. The lowest BCUT2D eigenvalue weighted by Gasteiger charge is -2.32. The van der Waals surface area contributed by atoms with Gasteiger partial charge in [0.05, 0.1) is 17.1 Å². The van der Waals surface area contributed by atoms with Gasteiger partial charge in [-0.2, -0.15) is 4.31 Å². The third kappa shape index (κ3) is 2.55. The standard InChI is InChI=1S/C14H21N3O3S/c1-9-5-11(16-15)6-10(2)14(9)21(18,19)17-7-12-3-4-13(8-17)20-12/h5-6,12-13,16H,3-4,7-8,15H2,1-2H3. The van der Waals surface area contributed by atoms with Gasteiger partial charge >= 0.3 is 0 Å². The molecule has 2 heterocycles. The molecule has 2 unspecified atom stereocenters. The van der Waals surface area contributed by atoms with Crippen LogP contribution in [0.2, 0.25) is 0 Å². The van der Waals surface area contributed by atoms with Gasteiger partial charge in [0.1, 0.15) is 0 Å². The second kappa shape index (κ2) is 5.24. The normalized spacial score (nSPS) is 26.0. The highest BCUT2D eigenvalue weighted by molar-refractivity contribution is 7.89. The molecule has 6 nitrogen and oxygen atoms in total. The third-order valence-electron chi connectivity index (χ3n) is 4.23. The van der Waals surface area contributed by atoms with E-state index in [1.54, 1.807) is 30.3 Å². The molecular formula is C14H21N3O3S. The first-order valence-corrected chi connectivity index (χ1v) is 8.59. The Morgan fingerprint density at radius 2 is 1.71 bits per heavy atom. The summed E-state index contributed by atoms with van der Waals surface area (Å²) in [5, 5.41) is 0. The molecule has 0 aromatic heterocycles. The number of nitrogen functional groups attached to an aromatic ring is 1. The average Bonchev–Trinajstić information content (AvgIpc) is 2.76. The maximum Gasteiger partial charge on any atom is 0.243 e. The Bertz CT molecular complexity index is 624. The first kappa shape index (κ1) is 14.8. The average molecular weight is 311 g/mol. The minimum absolute atomic E-state index is 0.0455. The fourth-order valence-corrected chi connectivity index (χ4v) is 5.26. The fraction of sp³-hybridized carbons (Fsp3) is 0.571. The van der Waals surface area contributed by atoms with Crippen molar-refractivity contribution in [1.29, 1.82) is 0 Å². The van der Waals surface area contributed by atoms with Crippen LogP contribution in [0, 0.1) is 13.8 Å². The van der Waals surface area contributed by atoms with E-state index in [1.807, 2.05) is 0 Å². The van der Waals surface area contributed by atoms with E-state index in [0.29, 0.717) is 34.8 Å². The summed E-state index contributed by atoms with van der Waals surface area (Å²) in [6.07, 6.45) is 1.99. The lowest BCUT2D eigenvalue weighted by Crippen LogP contribution is -2.46. The predicted octanol–water partition coefficient (Wildman–Crippen LogP) is 1.14. The minimum Gasteiger partial charge on any atom is -0.372 e. The van der Waals surface area contributed by atoms with Gasteiger partial charge in [0.25, 0.3) is 0 Å². The van der Waals surface area contributed by atoms with Crippen molar-refractivity contribution in [2.45, 2.75) is 43.8 Å². The van der Waals surface area contributed by atoms with Crippen LogP contribution in [0.4, 0.5) is 5.69 Å². The molecule has 116 valence electrons. The second-order valence-electron chi connectivity index (χ2n) is 5.86. The molecule has 2 aliphatic rings. The number of sulfonamides is 1. The van der Waals surface area contributed by atoms with Crippen LogP contribution >= 0.6 is 0 Å². The highest BCUT2D eigenvalue weighted by Gasteiger charge is 2.40. The number of rotatable bonds is 3. The Balaban J connectivity index is 1.99. The lowest BCUT2D eigenvalue weighted by atomic mass is 10.1. The molecule has 2 atom stereocenters. The van der Waals surface area contributed by atoms with E-state index in [9.17, 15) is 8.42 Å². The lowest BCUT2D eigenvalue weighted by molar-refractivity contribution is -0.0114. The number of aryl methyl sites for hydroxylation is 2. The summed E-state index contributed by atoms with van der Waals surface area (Å²) in [5.41, 5.74) is 4.70. The van der Waals surface area contributed by atoms with E-state index in [-0.39, 0.29) is 12.2 Å². The van der Waals surface area contributed by atoms with Gasteiger partial charge in [0, 0.05) is 18.8 Å². The molecule has 0 radical (unpaired) electrons. The van der Waals surface area contributed by atoms with Gasteiger partial charge in [-0.1, -0.05) is 0 Å². The summed E-state index contributed by atoms with van der Waals surface area (Å²) < 4.78 is 33.2. The van der Waals surface area contributed by atoms with Crippen molar-refractivity contribution in [2.75, 3.05) is 18.5 Å². The molecule has 21 heavy (non-hydrogen) atoms. The van der Waals surface area contributed by atoms with Gasteiger partial charge in [-0.25, -0.2) is 8.42 Å². The molecule has 3 rings (SSSR count). The SMILES string of the molecule is Cc1cc(NN)cc(C)c1S(=O)(=O)N1CC2CCC(C1)O2. The van der Waals surface area contributed by atoms with Crippen LogP contribution < -0.4 is 11.3 Å². The van der Waals surface area contributed by atoms with Gasteiger partial charge in [-0.3, -0.25) is 5.84 Å². The second-order valence-corrected chi connectivity index (χ2v) is 7.74. The van der Waals surface area contributed by atoms with Crippen LogP contribution in [0.25, 0.3) is 0 Å². The van der Waals surface area contributed by atoms with E-state index in [0.717, 1.165) is 12.8 Å². The molecule has 2 aliphatic heterocycles. The number of hydrazine groups is 1. The molecule has 2 bridgehead atoms. The van der Waals surface area contributed by atoms with Crippen LogP contribution in [0.3, 0.4) is 0 Å². The Morgan fingerprint density at radius 1 is 1.19 bits per heavy atom. The Kier molecular flexibility index (Phi) is 3.69. The summed E-state index contributed by atoms with van der Waals surface area (Å²) >= 11 is 0. The van der Waals surface area contributed by atoms with Crippen LogP contribution in [-0.4, -0.2) is 38.0 Å². The number of nitrogens with one attached hydrogen (secondary N) is 1. The van der Waals surface area contributed by atoms with Crippen molar-refractivity contribution >= 4 is 15.7 Å². The zero-order valence-electron chi connectivity index (χ0n) is 12.3. The van der Waals surface area contributed by atoms with Crippen molar-refractivity contribution in [2.24, 2.45) is 5.84 Å². The zero-order valence-corrected chi connectivity index (χ0v) is 13.1. The molecule has 1 aromatic carbocycles. The van der Waals surface area contributed by atoms with E-state index in [1.165, 1.54) is 0 Å². The molecule has 2 fully saturated rings. The van der Waals surface area contributed by atoms with Gasteiger partial charge in [-0.05, 0) is 49.9 Å². The quantitative estimate of drug-likeness (QED) is 0.646. The first-order valence-electron chi connectivity index (χ1n) is 7.15. The molecule has 1 aromatic rings. The highest BCUT2D eigenvalue weighted by atomic mass is 32.2. The summed E-state index contributed by atoms with van der Waals surface area (Å²) in [7, 11) is -3.49. The molecule has 7 heteroatoms. The molecule has 0 saturated carbocycles. The summed E-state index contributed by atoms with van der Waals surface area (Å²) in [4.78, 5) is 0.391. The Labute approximate surface area is 125 Å². The van der Waals surface area contributed by atoms with Crippen molar-refractivity contribution in [1.82, 2.24) is 4.31 Å². The van der Waals surface area contributed by atoms with Crippen molar-refractivity contribution < 1.29 is 13.2 Å². The summed E-state index contributed by atoms with van der Waals surface area (Å²) in [6.45, 7) is 4.51. The maximum absolute atomic E-state index is 13.0. The molecule has 0 aliphatic carbocycles. The van der Waals surface area contributed by atoms with Crippen molar-refractivity contribution in [3.05, 3.63) is 23.3 Å². The van der Waals surface area contributed by atoms with Crippen LogP contribution in [0.5, 0.6) is 0 Å². The third-order valence-corrected chi connectivity index (χ3v) is 6.37. The minimum atomic E-state index is -3.49. The first-order chi connectivity index (χ1) is 9.91. The molecular weight excluding hydrogens is 290 g/mol. The molecule has 0 amide bonds. The number of hydrogen-bond donors (Lipinski definition) is 2. The topological polar surface area (TPSA) is 84.7 Å². The smallest absolute Gasteiger partial charge is 0.243 e. The van der Waals surface area contributed by atoms with Crippen molar-refractivity contribution in [3.63, 3.8) is 0 Å². The molecule has 2 saturated heterocycles. The van der Waals surface area contributed by atoms with E-state index >= 15 is 0 Å². The van der Waals surface area contributed by atoms with E-state index in [2.05, 4.69) is 5.43 Å². The number of benzene rings is 1. The number of anilines is 1. The number of fused-ring (bicyclic) bond motifs is 2. The number of morpholine rings is 1. The van der Waals surface area contributed by atoms with Gasteiger partial charge < -0.3 is 10.2 Å². The zero-order chi connectivity index (χ0) is 15.2. The number of hydrogen-bond acceptors (Lipinski definition) is 5. The largest absolute Gasteiger partial charge is 0.372 e. The number of nitrogens with two attached hydrogens (primary N) is 1. The summed E-state index contributed by atoms with van der Waals surface area (Å²) in [6, 6.07) is 3.52.